The number of carbonyl (C=O) groups excluding carboxylic acids is 1. The van der Waals surface area contributed by atoms with Crippen LogP contribution in [0.15, 0.2) is 24.3 Å². The van der Waals surface area contributed by atoms with Gasteiger partial charge >= 0.3 is 6.03 Å². The van der Waals surface area contributed by atoms with Gasteiger partial charge in [-0.25, -0.2) is 4.79 Å². The maximum absolute atomic E-state index is 11.4. The summed E-state index contributed by atoms with van der Waals surface area (Å²) in [7, 11) is 3.38. The van der Waals surface area contributed by atoms with Gasteiger partial charge in [0, 0.05) is 25.7 Å². The van der Waals surface area contributed by atoms with Crippen LogP contribution in [0.1, 0.15) is 6.42 Å². The number of nitrogens with zero attached hydrogens (tertiary/aromatic N) is 1. The minimum atomic E-state index is -0.611. The number of urea groups is 1. The molecule has 2 amide bonds. The number of amides is 2. The van der Waals surface area contributed by atoms with Gasteiger partial charge in [0.2, 0.25) is 0 Å². The number of benzene rings is 1. The number of nitrogens with one attached hydrogen (secondary N) is 1. The highest BCUT2D eigenvalue weighted by Crippen LogP contribution is 2.53. The van der Waals surface area contributed by atoms with Crippen molar-refractivity contribution in [3.05, 3.63) is 24.3 Å². The molecule has 2 rings (SSSR count). The van der Waals surface area contributed by atoms with Crippen LogP contribution in [0.2, 0.25) is 0 Å². The molecule has 4 nitrogen and oxygen atoms in total. The number of hydrogen-bond donors (Lipinski definition) is 1. The van der Waals surface area contributed by atoms with Crippen LogP contribution in [-0.4, -0.2) is 36.0 Å². The number of hydrogen-bond acceptors (Lipinski definition) is 2. The Morgan fingerprint density at radius 1 is 1.42 bits per heavy atom. The maximum Gasteiger partial charge on any atom is 0.321 e. The Bertz CT molecular complexity index is 460. The molecule has 1 atom stereocenters. The highest BCUT2D eigenvalue weighted by molar-refractivity contribution is 6.50. The van der Waals surface area contributed by atoms with E-state index in [0.29, 0.717) is 6.61 Å². The zero-order valence-electron chi connectivity index (χ0n) is 10.8. The Morgan fingerprint density at radius 3 is 2.47 bits per heavy atom. The summed E-state index contributed by atoms with van der Waals surface area (Å²) in [5.74, 6) is 0.933. The summed E-state index contributed by atoms with van der Waals surface area (Å²) in [5.41, 5.74) is 0.724. The van der Waals surface area contributed by atoms with Crippen LogP contribution < -0.4 is 10.1 Å². The average Bonchev–Trinajstić information content (AvgIpc) is 2.96. The first-order valence-corrected chi connectivity index (χ1v) is 6.73. The highest BCUT2D eigenvalue weighted by atomic mass is 35.5. The van der Waals surface area contributed by atoms with Gasteiger partial charge in [-0.2, -0.15) is 0 Å². The number of carbonyl (C=O) groups is 1. The molecule has 0 saturated heterocycles. The van der Waals surface area contributed by atoms with Gasteiger partial charge in [0.25, 0.3) is 0 Å². The molecule has 1 fully saturated rings. The predicted octanol–water partition coefficient (Wildman–Crippen LogP) is 3.35. The number of anilines is 1. The van der Waals surface area contributed by atoms with Gasteiger partial charge in [-0.15, -0.1) is 23.2 Å². The van der Waals surface area contributed by atoms with Crippen molar-refractivity contribution in [3.63, 3.8) is 0 Å². The Hall–Kier alpha value is -1.13. The van der Waals surface area contributed by atoms with Crippen molar-refractivity contribution in [2.45, 2.75) is 10.8 Å². The Balaban J connectivity index is 1.83. The molecule has 6 heteroatoms. The minimum Gasteiger partial charge on any atom is -0.493 e. The molecule has 0 aliphatic heterocycles. The molecule has 0 bridgehead atoms. The Morgan fingerprint density at radius 2 is 2.00 bits per heavy atom. The van der Waals surface area contributed by atoms with Crippen LogP contribution in [-0.2, 0) is 0 Å². The molecule has 0 spiro atoms. The van der Waals surface area contributed by atoms with Crippen molar-refractivity contribution < 1.29 is 9.53 Å². The zero-order chi connectivity index (χ0) is 14.0. The van der Waals surface area contributed by atoms with Gasteiger partial charge in [-0.05, 0) is 30.7 Å². The molecule has 1 aromatic rings. The Labute approximate surface area is 122 Å². The zero-order valence-corrected chi connectivity index (χ0v) is 12.3. The first-order valence-electron chi connectivity index (χ1n) is 5.97. The second-order valence-electron chi connectivity index (χ2n) is 4.82. The highest BCUT2D eigenvalue weighted by Gasteiger charge is 2.52. The normalized spacial score (nSPS) is 19.7. The quantitative estimate of drug-likeness (QED) is 0.867. The first-order chi connectivity index (χ1) is 8.88. The van der Waals surface area contributed by atoms with E-state index >= 15 is 0 Å². The second kappa shape index (κ2) is 5.47. The third-order valence-electron chi connectivity index (χ3n) is 2.92. The lowest BCUT2D eigenvalue weighted by Crippen LogP contribution is -2.27. The van der Waals surface area contributed by atoms with Crippen molar-refractivity contribution in [1.29, 1.82) is 0 Å². The summed E-state index contributed by atoms with van der Waals surface area (Å²) < 4.78 is 4.97. The Kier molecular flexibility index (Phi) is 4.11. The monoisotopic (exact) mass is 302 g/mol. The molecule has 1 unspecified atom stereocenters. The van der Waals surface area contributed by atoms with Crippen LogP contribution in [0.5, 0.6) is 5.75 Å². The minimum absolute atomic E-state index is 0.166. The third kappa shape index (κ3) is 3.91. The van der Waals surface area contributed by atoms with E-state index in [1.54, 1.807) is 38.4 Å². The lowest BCUT2D eigenvalue weighted by atomic mass is 10.3. The second-order valence-corrected chi connectivity index (χ2v) is 6.36. The number of halogens is 2. The molecule has 1 aliphatic carbocycles. The molecule has 0 aromatic heterocycles. The van der Waals surface area contributed by atoms with Crippen LogP contribution in [0.4, 0.5) is 10.5 Å². The molecular weight excluding hydrogens is 287 g/mol. The van der Waals surface area contributed by atoms with Gasteiger partial charge in [0.1, 0.15) is 10.1 Å². The van der Waals surface area contributed by atoms with Crippen molar-refractivity contribution in [1.82, 2.24) is 4.90 Å². The van der Waals surface area contributed by atoms with Crippen LogP contribution in [0, 0.1) is 5.92 Å². The van der Waals surface area contributed by atoms with E-state index in [-0.39, 0.29) is 11.9 Å². The standard InChI is InChI=1S/C13H16Cl2N2O2/c1-17(2)12(18)16-10-3-5-11(6-4-10)19-8-9-7-13(9,14)15/h3-6,9H,7-8H2,1-2H3,(H,16,18). The summed E-state index contributed by atoms with van der Waals surface area (Å²) >= 11 is 11.8. The fourth-order valence-electron chi connectivity index (χ4n) is 1.52. The molecule has 1 aromatic carbocycles. The molecule has 1 N–H and O–H groups in total. The number of ether oxygens (including phenoxy) is 1. The summed E-state index contributed by atoms with van der Waals surface area (Å²) in [4.78, 5) is 12.9. The molecule has 0 heterocycles. The van der Waals surface area contributed by atoms with Crippen molar-refractivity contribution in [2.75, 3.05) is 26.0 Å². The maximum atomic E-state index is 11.4. The van der Waals surface area contributed by atoms with Gasteiger partial charge in [-0.3, -0.25) is 0 Å². The SMILES string of the molecule is CN(C)C(=O)Nc1ccc(OCC2CC2(Cl)Cl)cc1. The summed E-state index contributed by atoms with van der Waals surface area (Å²) in [6.07, 6.45) is 0.771. The van der Waals surface area contributed by atoms with E-state index in [4.69, 9.17) is 27.9 Å². The van der Waals surface area contributed by atoms with E-state index in [1.165, 1.54) is 4.90 Å². The van der Waals surface area contributed by atoms with Crippen molar-refractivity contribution in [3.8, 4) is 5.75 Å². The van der Waals surface area contributed by atoms with Gasteiger partial charge in [-0.1, -0.05) is 0 Å². The van der Waals surface area contributed by atoms with E-state index in [9.17, 15) is 4.79 Å². The molecular formula is C13H16Cl2N2O2. The molecule has 1 saturated carbocycles. The molecule has 19 heavy (non-hydrogen) atoms. The molecule has 1 aliphatic rings. The van der Waals surface area contributed by atoms with Crippen LogP contribution >= 0.6 is 23.2 Å². The van der Waals surface area contributed by atoms with Crippen LogP contribution in [0.3, 0.4) is 0 Å². The lowest BCUT2D eigenvalue weighted by Gasteiger charge is -2.12. The predicted molar refractivity (Wildman–Crippen MR) is 77.2 cm³/mol. The average molecular weight is 303 g/mol. The largest absolute Gasteiger partial charge is 0.493 e. The van der Waals surface area contributed by atoms with Crippen molar-refractivity contribution >= 4 is 34.9 Å². The topological polar surface area (TPSA) is 41.6 Å². The fourth-order valence-corrected chi connectivity index (χ4v) is 2.02. The molecule has 0 radical (unpaired) electrons. The smallest absolute Gasteiger partial charge is 0.321 e. The number of alkyl halides is 2. The molecule has 104 valence electrons. The van der Waals surface area contributed by atoms with E-state index in [2.05, 4.69) is 5.32 Å². The fraction of sp³-hybridized carbons (Fsp3) is 0.462. The summed E-state index contributed by atoms with van der Waals surface area (Å²) in [6.45, 7) is 0.510. The van der Waals surface area contributed by atoms with Gasteiger partial charge in [0.15, 0.2) is 0 Å². The van der Waals surface area contributed by atoms with Gasteiger partial charge < -0.3 is 15.0 Å². The van der Waals surface area contributed by atoms with Crippen LogP contribution in [0.25, 0.3) is 0 Å². The van der Waals surface area contributed by atoms with Gasteiger partial charge in [0.05, 0.1) is 6.61 Å². The summed E-state index contributed by atoms with van der Waals surface area (Å²) in [5, 5.41) is 2.75. The first kappa shape index (κ1) is 14.3. The lowest BCUT2D eigenvalue weighted by molar-refractivity contribution is 0.230. The van der Waals surface area contributed by atoms with E-state index in [1.807, 2.05) is 0 Å². The number of rotatable bonds is 4. The van der Waals surface area contributed by atoms with E-state index in [0.717, 1.165) is 17.9 Å². The van der Waals surface area contributed by atoms with Crippen molar-refractivity contribution in [2.24, 2.45) is 5.92 Å². The third-order valence-corrected chi connectivity index (χ3v) is 3.84. The summed E-state index contributed by atoms with van der Waals surface area (Å²) in [6, 6.07) is 7.02. The van der Waals surface area contributed by atoms with E-state index < -0.39 is 4.33 Å².